The van der Waals surface area contributed by atoms with Crippen LogP contribution in [0.3, 0.4) is 0 Å². The maximum absolute atomic E-state index is 13.6. The van der Waals surface area contributed by atoms with Crippen molar-refractivity contribution in [2.45, 2.75) is 70.5 Å². The van der Waals surface area contributed by atoms with Crippen molar-refractivity contribution in [1.29, 1.82) is 0 Å². The van der Waals surface area contributed by atoms with E-state index in [1.54, 1.807) is 32.0 Å². The molecule has 21 nitrogen and oxygen atoms in total. The Bertz CT molecular complexity index is 2500. The fourth-order valence-corrected chi connectivity index (χ4v) is 7.03. The van der Waals surface area contributed by atoms with Gasteiger partial charge in [-0.1, -0.05) is 22.4 Å². The standard InChI is InChI=1S/C22H23FN4O7.C22H25FN4O6/c1-11-25-14(15-7-18(34-27-15)19-9-33-20(10-32-19)22(29)30)6-16(26-11)21(28)24-8-12-3-4-13(23)17(5-12)31-2;1-12-25-16(17-7-20(33-27-17)22-31-10-14(9-28)11-32-22)6-18(26-12)21(29)24-8-13-3-4-15(23)19(5-13)30-2/h3-6,18-20H,7-10H2,1-2H3,(H,24,28)(H,29,30);3-6,14,20,22,28H,7-11H2,1-2H3,(H,24,29)/t18-,19+,20-;14?,20-,22?/m00/s1. The molecule has 23 heteroatoms. The van der Waals surface area contributed by atoms with Gasteiger partial charge in [-0.2, -0.15) is 0 Å². The predicted molar refractivity (Wildman–Crippen MR) is 227 cm³/mol. The van der Waals surface area contributed by atoms with E-state index in [2.05, 4.69) is 40.9 Å². The molecule has 6 heterocycles. The highest BCUT2D eigenvalue weighted by Crippen LogP contribution is 2.26. The lowest BCUT2D eigenvalue weighted by Crippen LogP contribution is -2.45. The number of carboxylic acids is 1. The van der Waals surface area contributed by atoms with Crippen LogP contribution in [0.15, 0.2) is 58.8 Å². The number of aliphatic carboxylic acids is 1. The second kappa shape index (κ2) is 22.1. The van der Waals surface area contributed by atoms with Crippen molar-refractivity contribution in [3.63, 3.8) is 0 Å². The number of oxime groups is 2. The average Bonchev–Trinajstić information content (AvgIpc) is 4.05. The molecule has 2 fully saturated rings. The highest BCUT2D eigenvalue weighted by molar-refractivity contribution is 6.02. The molecule has 4 N–H and O–H groups in total. The molecule has 4 aliphatic heterocycles. The van der Waals surface area contributed by atoms with Crippen molar-refractivity contribution < 1.29 is 71.5 Å². The Morgan fingerprint density at radius 3 is 1.64 bits per heavy atom. The van der Waals surface area contributed by atoms with E-state index < -0.39 is 60.1 Å². The molecule has 0 bridgehead atoms. The lowest BCUT2D eigenvalue weighted by molar-refractivity contribution is -0.246. The molecular weight excluding hydrogens is 887 g/mol. The normalized spacial score (nSPS) is 22.2. The van der Waals surface area contributed by atoms with Gasteiger partial charge in [0.15, 0.2) is 47.7 Å². The molecule has 67 heavy (non-hydrogen) atoms. The van der Waals surface area contributed by atoms with Crippen LogP contribution in [0.2, 0.25) is 0 Å². The van der Waals surface area contributed by atoms with Crippen molar-refractivity contribution in [3.05, 3.63) is 106 Å². The van der Waals surface area contributed by atoms with E-state index in [4.69, 9.17) is 43.2 Å². The number of carboxylic acid groups (broad SMARTS) is 1. The molecule has 4 aromatic rings. The number of hydrogen-bond donors (Lipinski definition) is 4. The molecule has 2 saturated heterocycles. The number of methoxy groups -OCH3 is 2. The highest BCUT2D eigenvalue weighted by Gasteiger charge is 2.38. The van der Waals surface area contributed by atoms with Gasteiger partial charge >= 0.3 is 5.97 Å². The fourth-order valence-electron chi connectivity index (χ4n) is 7.03. The van der Waals surface area contributed by atoms with Crippen molar-refractivity contribution in [2.24, 2.45) is 16.2 Å². The smallest absolute Gasteiger partial charge is 0.335 e. The van der Waals surface area contributed by atoms with Crippen molar-refractivity contribution in [3.8, 4) is 11.5 Å². The second-order valence-electron chi connectivity index (χ2n) is 15.6. The number of nitrogens with one attached hydrogen (secondary N) is 2. The summed E-state index contributed by atoms with van der Waals surface area (Å²) in [6.07, 6.45) is -2.24. The number of aliphatic hydroxyl groups is 1. The summed E-state index contributed by atoms with van der Waals surface area (Å²) in [5.41, 5.74) is 3.63. The molecule has 4 atom stereocenters. The first-order chi connectivity index (χ1) is 32.3. The topological polar surface area (TPSA) is 266 Å². The van der Waals surface area contributed by atoms with E-state index in [1.165, 1.54) is 44.6 Å². The molecule has 0 unspecified atom stereocenters. The molecule has 0 aliphatic carbocycles. The average molecular weight is 935 g/mol. The molecule has 2 aromatic carbocycles. The zero-order chi connectivity index (χ0) is 47.6. The van der Waals surface area contributed by atoms with Crippen molar-refractivity contribution in [2.75, 3.05) is 47.3 Å². The molecule has 0 spiro atoms. The number of halogens is 2. The van der Waals surface area contributed by atoms with Crippen LogP contribution in [-0.4, -0.2) is 137 Å². The van der Waals surface area contributed by atoms with E-state index in [0.717, 1.165) is 0 Å². The largest absolute Gasteiger partial charge is 0.494 e. The van der Waals surface area contributed by atoms with Crippen molar-refractivity contribution in [1.82, 2.24) is 30.6 Å². The maximum atomic E-state index is 13.6. The van der Waals surface area contributed by atoms with E-state index in [1.807, 2.05) is 0 Å². The van der Waals surface area contributed by atoms with Crippen LogP contribution in [0.5, 0.6) is 11.5 Å². The van der Waals surface area contributed by atoms with Crippen LogP contribution in [-0.2, 0) is 46.5 Å². The van der Waals surface area contributed by atoms with Gasteiger partial charge in [0.25, 0.3) is 11.8 Å². The minimum atomic E-state index is -1.08. The lowest BCUT2D eigenvalue weighted by atomic mass is 10.0. The molecule has 2 aromatic heterocycles. The zero-order valence-electron chi connectivity index (χ0n) is 36.8. The first-order valence-corrected chi connectivity index (χ1v) is 21.0. The first kappa shape index (κ1) is 48.2. The minimum Gasteiger partial charge on any atom is -0.494 e. The Kier molecular flexibility index (Phi) is 15.9. The van der Waals surface area contributed by atoms with Crippen LogP contribution < -0.4 is 20.1 Å². The Hall–Kier alpha value is -6.79. The van der Waals surface area contributed by atoms with Crippen LogP contribution in [0, 0.1) is 31.4 Å². The van der Waals surface area contributed by atoms with Gasteiger partial charge in [-0.25, -0.2) is 33.5 Å². The lowest BCUT2D eigenvalue weighted by Gasteiger charge is -2.30. The van der Waals surface area contributed by atoms with E-state index in [9.17, 15) is 28.3 Å². The third-order valence-electron chi connectivity index (χ3n) is 10.6. The number of benzene rings is 2. The number of aliphatic hydroxyl groups excluding tert-OH is 1. The van der Waals surface area contributed by atoms with Gasteiger partial charge in [-0.3, -0.25) is 9.59 Å². The Morgan fingerprint density at radius 1 is 0.672 bits per heavy atom. The number of rotatable bonds is 14. The highest BCUT2D eigenvalue weighted by atomic mass is 19.1. The number of aryl methyl sites for hydroxylation is 2. The van der Waals surface area contributed by atoms with Crippen LogP contribution in [0.4, 0.5) is 8.78 Å². The minimum absolute atomic E-state index is 0.000247. The summed E-state index contributed by atoms with van der Waals surface area (Å²) >= 11 is 0. The van der Waals surface area contributed by atoms with Gasteiger partial charge in [0.05, 0.1) is 58.6 Å². The molecule has 2 amide bonds. The fraction of sp³-hybridized carbons (Fsp3) is 0.432. The predicted octanol–water partition coefficient (Wildman–Crippen LogP) is 2.56. The summed E-state index contributed by atoms with van der Waals surface area (Å²) in [7, 11) is 2.75. The maximum Gasteiger partial charge on any atom is 0.335 e. The molecular formula is C44H48F2N8O13. The van der Waals surface area contributed by atoms with Crippen LogP contribution in [0.1, 0.15) is 68.0 Å². The van der Waals surface area contributed by atoms with Gasteiger partial charge < -0.3 is 58.9 Å². The van der Waals surface area contributed by atoms with Crippen LogP contribution in [0.25, 0.3) is 0 Å². The quantitative estimate of drug-likeness (QED) is 0.142. The van der Waals surface area contributed by atoms with Gasteiger partial charge in [-0.05, 0) is 61.4 Å². The number of carbonyl (C=O) groups excluding carboxylic acids is 2. The third kappa shape index (κ3) is 12.4. The summed E-state index contributed by atoms with van der Waals surface area (Å²) in [5, 5.41) is 31.9. The van der Waals surface area contributed by atoms with Gasteiger partial charge in [-0.15, -0.1) is 0 Å². The number of amides is 2. The number of aromatic nitrogens is 4. The molecule has 8 rings (SSSR count). The molecule has 0 radical (unpaired) electrons. The van der Waals surface area contributed by atoms with Crippen molar-refractivity contribution >= 4 is 29.2 Å². The zero-order valence-corrected chi connectivity index (χ0v) is 36.8. The van der Waals surface area contributed by atoms with E-state index in [-0.39, 0.29) is 61.7 Å². The Labute approximate surface area is 381 Å². The van der Waals surface area contributed by atoms with Gasteiger partial charge in [0.1, 0.15) is 40.6 Å². The Morgan fingerprint density at radius 2 is 1.18 bits per heavy atom. The first-order valence-electron chi connectivity index (χ1n) is 21.0. The van der Waals surface area contributed by atoms with Gasteiger partial charge in [0.2, 0.25) is 0 Å². The summed E-state index contributed by atoms with van der Waals surface area (Å²) < 4.78 is 59.2. The van der Waals surface area contributed by atoms with E-state index in [0.29, 0.717) is 71.6 Å². The Balaban J connectivity index is 0.000000199. The second-order valence-corrected chi connectivity index (χ2v) is 15.6. The number of carbonyl (C=O) groups is 3. The molecule has 0 saturated carbocycles. The van der Waals surface area contributed by atoms with E-state index >= 15 is 0 Å². The summed E-state index contributed by atoms with van der Waals surface area (Å²) in [4.78, 5) is 64.5. The summed E-state index contributed by atoms with van der Waals surface area (Å²) in [6, 6.07) is 11.8. The SMILES string of the molecule is COc1cc(CNC(=O)c2cc(C3=NO[C@H](C4OCC(CO)CO4)C3)nc(C)n2)ccc1F.COc1cc(CNC(=O)c2cc(C3=NO[C@H]([C@H]4CO[C@H](C(=O)O)CO4)C3)nc(C)n2)ccc1F. The summed E-state index contributed by atoms with van der Waals surface area (Å²) in [6.45, 7) is 4.41. The molecule has 356 valence electrons. The van der Waals surface area contributed by atoms with Gasteiger partial charge in [0, 0.05) is 31.8 Å². The summed E-state index contributed by atoms with van der Waals surface area (Å²) in [5.74, 6) is -1.96. The monoisotopic (exact) mass is 934 g/mol. The third-order valence-corrected chi connectivity index (χ3v) is 10.6. The molecule has 4 aliphatic rings. The number of hydrogen-bond acceptors (Lipinski definition) is 18. The number of nitrogens with zero attached hydrogens (tertiary/aromatic N) is 6. The number of ether oxygens (including phenoxy) is 6. The van der Waals surface area contributed by atoms with Crippen LogP contribution >= 0.6 is 0 Å².